The summed E-state index contributed by atoms with van der Waals surface area (Å²) >= 11 is 6.01. The first kappa shape index (κ1) is 13.5. The van der Waals surface area contributed by atoms with Crippen LogP contribution in [-0.4, -0.2) is 13.6 Å². The Morgan fingerprint density at radius 2 is 2.06 bits per heavy atom. The molecule has 0 fully saturated rings. The van der Waals surface area contributed by atoms with E-state index < -0.39 is 0 Å². The fraction of sp³-hybridized carbons (Fsp3) is 0.571. The van der Waals surface area contributed by atoms with Gasteiger partial charge in [-0.05, 0) is 42.5 Å². The lowest BCUT2D eigenvalue weighted by atomic mass is 9.74. The van der Waals surface area contributed by atoms with Gasteiger partial charge in [-0.25, -0.2) is 0 Å². The maximum absolute atomic E-state index is 6.01. The van der Waals surface area contributed by atoms with Gasteiger partial charge in [-0.1, -0.05) is 44.5 Å². The Morgan fingerprint density at radius 3 is 2.56 bits per heavy atom. The van der Waals surface area contributed by atoms with Crippen molar-refractivity contribution in [3.05, 3.63) is 34.9 Å². The maximum atomic E-state index is 6.01. The van der Waals surface area contributed by atoms with Gasteiger partial charge in [-0.3, -0.25) is 0 Å². The van der Waals surface area contributed by atoms with Gasteiger partial charge in [-0.15, -0.1) is 0 Å². The predicted octanol–water partition coefficient (Wildman–Crippen LogP) is 3.76. The quantitative estimate of drug-likeness (QED) is 0.825. The van der Waals surface area contributed by atoms with Crippen molar-refractivity contribution in [2.75, 3.05) is 13.6 Å². The van der Waals surface area contributed by atoms with Crippen LogP contribution in [0.2, 0.25) is 5.02 Å². The van der Waals surface area contributed by atoms with E-state index in [0.717, 1.165) is 18.0 Å². The van der Waals surface area contributed by atoms with Gasteiger partial charge in [0, 0.05) is 11.6 Å². The van der Waals surface area contributed by atoms with Gasteiger partial charge in [0.15, 0.2) is 0 Å². The van der Waals surface area contributed by atoms with E-state index in [1.165, 1.54) is 5.56 Å². The van der Waals surface area contributed by atoms with E-state index in [9.17, 15) is 0 Å². The summed E-state index contributed by atoms with van der Waals surface area (Å²) in [5, 5.41) is 4.12. The molecule has 1 unspecified atom stereocenters. The average Bonchev–Trinajstić information content (AvgIpc) is 2.17. The third-order valence-corrected chi connectivity index (χ3v) is 3.71. The molecule has 0 spiro atoms. The zero-order chi connectivity index (χ0) is 12.2. The third-order valence-electron chi connectivity index (χ3n) is 3.47. The first-order valence-electron chi connectivity index (χ1n) is 5.87. The number of nitrogens with one attached hydrogen (secondary N) is 1. The first-order chi connectivity index (χ1) is 7.48. The summed E-state index contributed by atoms with van der Waals surface area (Å²) in [4.78, 5) is 0. The standard InChI is InChI=1S/C14H22ClN/c1-11(2)14(3,10-16-4)9-12-6-5-7-13(15)8-12/h5-8,11,16H,9-10H2,1-4H3. The molecule has 0 saturated carbocycles. The fourth-order valence-corrected chi connectivity index (χ4v) is 2.20. The van der Waals surface area contributed by atoms with Gasteiger partial charge in [0.25, 0.3) is 0 Å². The van der Waals surface area contributed by atoms with Crippen LogP contribution in [0.5, 0.6) is 0 Å². The number of benzene rings is 1. The van der Waals surface area contributed by atoms with Crippen LogP contribution in [0.25, 0.3) is 0 Å². The van der Waals surface area contributed by atoms with Crippen LogP contribution in [0.1, 0.15) is 26.3 Å². The molecule has 0 bridgehead atoms. The van der Waals surface area contributed by atoms with Crippen LogP contribution in [0.3, 0.4) is 0 Å². The van der Waals surface area contributed by atoms with Gasteiger partial charge < -0.3 is 5.32 Å². The molecule has 0 radical (unpaired) electrons. The van der Waals surface area contributed by atoms with E-state index in [-0.39, 0.29) is 5.41 Å². The molecular weight excluding hydrogens is 218 g/mol. The molecule has 1 atom stereocenters. The summed E-state index contributed by atoms with van der Waals surface area (Å²) in [5.74, 6) is 0.638. The lowest BCUT2D eigenvalue weighted by molar-refractivity contribution is 0.212. The lowest BCUT2D eigenvalue weighted by Gasteiger charge is -2.34. The highest BCUT2D eigenvalue weighted by atomic mass is 35.5. The highest BCUT2D eigenvalue weighted by Gasteiger charge is 2.27. The van der Waals surface area contributed by atoms with Crippen LogP contribution in [0.15, 0.2) is 24.3 Å². The Morgan fingerprint density at radius 1 is 1.38 bits per heavy atom. The van der Waals surface area contributed by atoms with E-state index in [1.807, 2.05) is 19.2 Å². The van der Waals surface area contributed by atoms with Crippen molar-refractivity contribution in [1.82, 2.24) is 5.32 Å². The molecule has 1 aromatic rings. The van der Waals surface area contributed by atoms with Gasteiger partial charge in [0.05, 0.1) is 0 Å². The van der Waals surface area contributed by atoms with Gasteiger partial charge in [0.1, 0.15) is 0 Å². The molecule has 0 saturated heterocycles. The summed E-state index contributed by atoms with van der Waals surface area (Å²) in [5.41, 5.74) is 1.60. The summed E-state index contributed by atoms with van der Waals surface area (Å²) in [6.45, 7) is 7.91. The molecule has 0 heterocycles. The van der Waals surface area contributed by atoms with E-state index in [0.29, 0.717) is 5.92 Å². The largest absolute Gasteiger partial charge is 0.319 e. The summed E-state index contributed by atoms with van der Waals surface area (Å²) < 4.78 is 0. The molecule has 2 heteroatoms. The minimum atomic E-state index is 0.277. The van der Waals surface area contributed by atoms with Crippen LogP contribution in [0, 0.1) is 11.3 Å². The second-order valence-electron chi connectivity index (χ2n) is 5.15. The Kier molecular flexibility index (Phi) is 4.82. The molecule has 1 N–H and O–H groups in total. The molecule has 0 aliphatic heterocycles. The molecule has 1 aromatic carbocycles. The van der Waals surface area contributed by atoms with Crippen molar-refractivity contribution in [2.24, 2.45) is 11.3 Å². The summed E-state index contributed by atoms with van der Waals surface area (Å²) in [6.07, 6.45) is 1.06. The molecule has 0 amide bonds. The molecule has 1 nitrogen and oxygen atoms in total. The molecule has 0 aromatic heterocycles. The monoisotopic (exact) mass is 239 g/mol. The van der Waals surface area contributed by atoms with Crippen molar-refractivity contribution >= 4 is 11.6 Å². The van der Waals surface area contributed by atoms with Crippen molar-refractivity contribution in [1.29, 1.82) is 0 Å². The number of hydrogen-bond acceptors (Lipinski definition) is 1. The smallest absolute Gasteiger partial charge is 0.0408 e. The Balaban J connectivity index is 2.83. The van der Waals surface area contributed by atoms with Crippen molar-refractivity contribution < 1.29 is 0 Å². The molecule has 0 aliphatic rings. The molecule has 90 valence electrons. The van der Waals surface area contributed by atoms with Crippen molar-refractivity contribution in [3.63, 3.8) is 0 Å². The van der Waals surface area contributed by atoms with E-state index in [1.54, 1.807) is 0 Å². The first-order valence-corrected chi connectivity index (χ1v) is 6.25. The molecule has 16 heavy (non-hydrogen) atoms. The highest BCUT2D eigenvalue weighted by Crippen LogP contribution is 2.31. The topological polar surface area (TPSA) is 12.0 Å². The number of rotatable bonds is 5. The van der Waals surface area contributed by atoms with E-state index in [4.69, 9.17) is 11.6 Å². The van der Waals surface area contributed by atoms with Crippen LogP contribution < -0.4 is 5.32 Å². The van der Waals surface area contributed by atoms with Crippen LogP contribution in [-0.2, 0) is 6.42 Å². The van der Waals surface area contributed by atoms with Gasteiger partial charge in [0.2, 0.25) is 0 Å². The van der Waals surface area contributed by atoms with E-state index >= 15 is 0 Å². The number of hydrogen-bond donors (Lipinski definition) is 1. The summed E-state index contributed by atoms with van der Waals surface area (Å²) in [7, 11) is 2.01. The zero-order valence-corrected chi connectivity index (χ0v) is 11.4. The SMILES string of the molecule is CNCC(C)(Cc1cccc(Cl)c1)C(C)C. The highest BCUT2D eigenvalue weighted by molar-refractivity contribution is 6.30. The van der Waals surface area contributed by atoms with Gasteiger partial charge in [-0.2, -0.15) is 0 Å². The Hall–Kier alpha value is -0.530. The fourth-order valence-electron chi connectivity index (χ4n) is 1.99. The second kappa shape index (κ2) is 5.70. The minimum Gasteiger partial charge on any atom is -0.319 e. The maximum Gasteiger partial charge on any atom is 0.0408 e. The van der Waals surface area contributed by atoms with Crippen molar-refractivity contribution in [3.8, 4) is 0 Å². The predicted molar refractivity (Wildman–Crippen MR) is 72.0 cm³/mol. The third kappa shape index (κ3) is 3.50. The van der Waals surface area contributed by atoms with Gasteiger partial charge >= 0.3 is 0 Å². The normalized spacial score (nSPS) is 15.1. The zero-order valence-electron chi connectivity index (χ0n) is 10.7. The lowest BCUT2D eigenvalue weighted by Crippen LogP contribution is -2.36. The molecular formula is C14H22ClN. The average molecular weight is 240 g/mol. The molecule has 0 aliphatic carbocycles. The second-order valence-corrected chi connectivity index (χ2v) is 5.58. The van der Waals surface area contributed by atoms with Crippen LogP contribution in [0.4, 0.5) is 0 Å². The Labute approximate surface area is 104 Å². The van der Waals surface area contributed by atoms with Crippen LogP contribution >= 0.6 is 11.6 Å². The minimum absolute atomic E-state index is 0.277. The van der Waals surface area contributed by atoms with Crippen molar-refractivity contribution in [2.45, 2.75) is 27.2 Å². The van der Waals surface area contributed by atoms with E-state index in [2.05, 4.69) is 38.2 Å². The number of halogens is 1. The Bertz CT molecular complexity index is 335. The summed E-state index contributed by atoms with van der Waals surface area (Å²) in [6, 6.07) is 8.17. The molecule has 1 rings (SSSR count).